The fourth-order valence-corrected chi connectivity index (χ4v) is 4.22. The Hall–Kier alpha value is -1.73. The van der Waals surface area contributed by atoms with Gasteiger partial charge < -0.3 is 14.2 Å². The molecule has 3 rings (SSSR count). The van der Waals surface area contributed by atoms with Crippen LogP contribution in [-0.4, -0.2) is 26.8 Å². The van der Waals surface area contributed by atoms with E-state index in [1.165, 1.54) is 5.56 Å². The Labute approximate surface area is 180 Å². The van der Waals surface area contributed by atoms with Gasteiger partial charge in [0, 0.05) is 29.5 Å². The number of carbonyl (C=O) groups is 1. The third-order valence-electron chi connectivity index (χ3n) is 4.81. The highest BCUT2D eigenvalue weighted by molar-refractivity contribution is 7.90. The number of hydrogen-bond donors (Lipinski definition) is 1. The number of amides is 1. The van der Waals surface area contributed by atoms with Crippen LogP contribution in [0, 0.1) is 0 Å². The van der Waals surface area contributed by atoms with Crippen LogP contribution in [-0.2, 0) is 42.2 Å². The number of benzene rings is 2. The second-order valence-corrected chi connectivity index (χ2v) is 10.6. The Morgan fingerprint density at radius 1 is 1.28 bits per heavy atom. The Morgan fingerprint density at radius 3 is 2.69 bits per heavy atom. The van der Waals surface area contributed by atoms with Crippen LogP contribution in [0.15, 0.2) is 42.5 Å². The molecule has 2 aromatic rings. The van der Waals surface area contributed by atoms with Gasteiger partial charge in [-0.3, -0.25) is 0 Å². The highest BCUT2D eigenvalue weighted by Gasteiger charge is 2.28. The average Bonchev–Trinajstić information content (AvgIpc) is 2.69. The lowest BCUT2D eigenvalue weighted by Crippen LogP contribution is -2.40. The first-order chi connectivity index (χ1) is 13.7. The third-order valence-corrected chi connectivity index (χ3v) is 6.54. The van der Waals surface area contributed by atoms with E-state index in [1.807, 2.05) is 63.2 Å². The first-order valence-corrected chi connectivity index (χ1v) is 11.2. The summed E-state index contributed by atoms with van der Waals surface area (Å²) in [5.74, 6) is 0. The first-order valence-electron chi connectivity index (χ1n) is 9.65. The minimum atomic E-state index is -1.16. The fourth-order valence-electron chi connectivity index (χ4n) is 3.23. The fraction of sp³-hybridized carbons (Fsp3) is 0.409. The SMILES string of the molecule is CC(C)(C)[S@+]([O-])NCc1cc(Cl)cc2c1CCN(C(=O)OCc1ccccc1)C2. The van der Waals surface area contributed by atoms with Crippen LogP contribution < -0.4 is 4.72 Å². The van der Waals surface area contributed by atoms with Gasteiger partial charge in [-0.2, -0.15) is 0 Å². The maximum atomic E-state index is 12.5. The van der Waals surface area contributed by atoms with Gasteiger partial charge in [0.25, 0.3) is 0 Å². The highest BCUT2D eigenvalue weighted by atomic mass is 35.5. The van der Waals surface area contributed by atoms with Crippen molar-refractivity contribution in [2.45, 2.75) is 51.6 Å². The zero-order valence-electron chi connectivity index (χ0n) is 17.0. The predicted octanol–water partition coefficient (Wildman–Crippen LogP) is 4.59. The number of hydrogen-bond acceptors (Lipinski definition) is 4. The van der Waals surface area contributed by atoms with Crippen LogP contribution in [0.1, 0.15) is 43.0 Å². The molecule has 1 aliphatic rings. The van der Waals surface area contributed by atoms with Crippen molar-refractivity contribution in [2.75, 3.05) is 6.54 Å². The van der Waals surface area contributed by atoms with Crippen molar-refractivity contribution < 1.29 is 14.1 Å². The van der Waals surface area contributed by atoms with E-state index >= 15 is 0 Å². The molecule has 0 saturated carbocycles. The van der Waals surface area contributed by atoms with Crippen LogP contribution in [0.2, 0.25) is 5.02 Å². The third kappa shape index (κ3) is 5.89. The molecule has 0 spiro atoms. The summed E-state index contributed by atoms with van der Waals surface area (Å²) < 4.78 is 20.5. The molecule has 1 N–H and O–H groups in total. The molecule has 1 heterocycles. The van der Waals surface area contributed by atoms with E-state index in [0.29, 0.717) is 31.1 Å². The van der Waals surface area contributed by atoms with Crippen LogP contribution in [0.25, 0.3) is 0 Å². The molecule has 1 amide bonds. The summed E-state index contributed by atoms with van der Waals surface area (Å²) in [5.41, 5.74) is 4.17. The van der Waals surface area contributed by atoms with Gasteiger partial charge in [-0.05, 0) is 61.6 Å². The van der Waals surface area contributed by atoms with Gasteiger partial charge in [-0.25, -0.2) is 4.79 Å². The zero-order valence-corrected chi connectivity index (χ0v) is 18.6. The van der Waals surface area contributed by atoms with Gasteiger partial charge in [0.1, 0.15) is 11.4 Å². The Bertz CT molecular complexity index is 855. The van der Waals surface area contributed by atoms with Crippen molar-refractivity contribution in [1.82, 2.24) is 9.62 Å². The van der Waals surface area contributed by atoms with E-state index in [-0.39, 0.29) is 17.4 Å². The van der Waals surface area contributed by atoms with Crippen LogP contribution >= 0.6 is 11.6 Å². The lowest BCUT2D eigenvalue weighted by molar-refractivity contribution is 0.0918. The number of ether oxygens (including phenoxy) is 1. The largest absolute Gasteiger partial charge is 0.598 e. The maximum absolute atomic E-state index is 12.5. The quantitative estimate of drug-likeness (QED) is 0.699. The lowest BCUT2D eigenvalue weighted by Gasteiger charge is -2.30. The Morgan fingerprint density at radius 2 is 2.00 bits per heavy atom. The first kappa shape index (κ1) is 22.0. The monoisotopic (exact) mass is 434 g/mol. The van der Waals surface area contributed by atoms with Gasteiger partial charge in [0.05, 0.1) is 6.54 Å². The van der Waals surface area contributed by atoms with Gasteiger partial charge in [0.2, 0.25) is 0 Å². The van der Waals surface area contributed by atoms with Crippen molar-refractivity contribution in [3.8, 4) is 0 Å². The van der Waals surface area contributed by atoms with Gasteiger partial charge in [-0.1, -0.05) is 41.9 Å². The predicted molar refractivity (Wildman–Crippen MR) is 117 cm³/mol. The summed E-state index contributed by atoms with van der Waals surface area (Å²) in [4.78, 5) is 14.2. The van der Waals surface area contributed by atoms with E-state index in [0.717, 1.165) is 16.7 Å². The van der Waals surface area contributed by atoms with E-state index < -0.39 is 11.4 Å². The lowest BCUT2D eigenvalue weighted by atomic mass is 9.94. The minimum absolute atomic E-state index is 0.256. The van der Waals surface area contributed by atoms with Crippen molar-refractivity contribution in [1.29, 1.82) is 0 Å². The van der Waals surface area contributed by atoms with Crippen LogP contribution in [0.4, 0.5) is 4.79 Å². The van der Waals surface area contributed by atoms with Crippen LogP contribution in [0.5, 0.6) is 0 Å². The summed E-state index contributed by atoms with van der Waals surface area (Å²) in [6.07, 6.45) is 0.388. The average molecular weight is 435 g/mol. The van der Waals surface area contributed by atoms with Gasteiger partial charge >= 0.3 is 6.09 Å². The number of carbonyl (C=O) groups excluding carboxylic acids is 1. The minimum Gasteiger partial charge on any atom is -0.598 e. The van der Waals surface area contributed by atoms with E-state index in [4.69, 9.17) is 16.3 Å². The van der Waals surface area contributed by atoms with Gasteiger partial charge in [-0.15, -0.1) is 4.72 Å². The summed E-state index contributed by atoms with van der Waals surface area (Å²) in [6, 6.07) is 13.4. The van der Waals surface area contributed by atoms with Crippen molar-refractivity contribution >= 4 is 29.1 Å². The maximum Gasteiger partial charge on any atom is 0.410 e. The molecule has 5 nitrogen and oxygen atoms in total. The Kier molecular flexibility index (Phi) is 7.11. The topological polar surface area (TPSA) is 64.6 Å². The number of fused-ring (bicyclic) bond motifs is 1. The molecule has 0 radical (unpaired) electrons. The molecule has 1 aliphatic heterocycles. The second-order valence-electron chi connectivity index (χ2n) is 8.12. The number of halogens is 1. The smallest absolute Gasteiger partial charge is 0.410 e. The summed E-state index contributed by atoms with van der Waals surface area (Å²) in [5, 5.41) is 0.613. The van der Waals surface area contributed by atoms with Crippen LogP contribution in [0.3, 0.4) is 0 Å². The summed E-state index contributed by atoms with van der Waals surface area (Å²) in [7, 11) is 0. The van der Waals surface area contributed by atoms with Crippen molar-refractivity contribution in [3.63, 3.8) is 0 Å². The summed E-state index contributed by atoms with van der Waals surface area (Å²) in [6.45, 7) is 7.57. The molecule has 29 heavy (non-hydrogen) atoms. The molecule has 0 bridgehead atoms. The second kappa shape index (κ2) is 9.39. The summed E-state index contributed by atoms with van der Waals surface area (Å²) >= 11 is 5.16. The van der Waals surface area contributed by atoms with Gasteiger partial charge in [0.15, 0.2) is 0 Å². The molecule has 0 saturated heterocycles. The molecule has 0 unspecified atom stereocenters. The molecule has 2 aromatic carbocycles. The molecule has 156 valence electrons. The van der Waals surface area contributed by atoms with Crippen molar-refractivity contribution in [2.24, 2.45) is 0 Å². The molecule has 0 fully saturated rings. The molecule has 7 heteroatoms. The number of nitrogens with one attached hydrogen (secondary N) is 1. The standard InChI is InChI=1S/C22H27ClN2O3S/c1-22(2,3)29(27)24-13-17-11-19(23)12-18-14-25(10-9-20(17)18)21(26)28-15-16-7-5-4-6-8-16/h4-8,11-12,24H,9-10,13-15H2,1-3H3/t29-/m0/s1. The molecule has 0 aromatic heterocycles. The Balaban J connectivity index is 1.65. The number of nitrogens with zero attached hydrogens (tertiary/aromatic N) is 1. The molecular formula is C22H27ClN2O3S. The van der Waals surface area contributed by atoms with Crippen molar-refractivity contribution in [3.05, 3.63) is 69.7 Å². The molecule has 0 aliphatic carbocycles. The normalized spacial score (nSPS) is 15.0. The highest BCUT2D eigenvalue weighted by Crippen LogP contribution is 2.28. The molecular weight excluding hydrogens is 408 g/mol. The van der Waals surface area contributed by atoms with E-state index in [9.17, 15) is 9.35 Å². The van der Waals surface area contributed by atoms with E-state index in [2.05, 4.69) is 4.72 Å². The van der Waals surface area contributed by atoms with E-state index in [1.54, 1.807) is 4.90 Å². The number of rotatable bonds is 5. The zero-order chi connectivity index (χ0) is 21.0. The molecule has 1 atom stereocenters.